The van der Waals surface area contributed by atoms with E-state index in [0.29, 0.717) is 11.4 Å². The van der Waals surface area contributed by atoms with Gasteiger partial charge in [0, 0.05) is 18.5 Å². The van der Waals surface area contributed by atoms with E-state index < -0.39 is 12.1 Å². The van der Waals surface area contributed by atoms with E-state index in [-0.39, 0.29) is 11.8 Å². The van der Waals surface area contributed by atoms with Gasteiger partial charge in [0.05, 0.1) is 0 Å². The molecular formula is C13H15NO4. The van der Waals surface area contributed by atoms with E-state index in [1.807, 2.05) is 0 Å². The maximum absolute atomic E-state index is 11.0. The molecule has 0 radical (unpaired) electrons. The Bertz CT molecular complexity index is 451. The molecule has 1 aromatic carbocycles. The molecule has 0 saturated heterocycles. The lowest BCUT2D eigenvalue weighted by atomic mass is 10.2. The molecule has 0 bridgehead atoms. The summed E-state index contributed by atoms with van der Waals surface area (Å²) in [6, 6.07) is 6.68. The lowest BCUT2D eigenvalue weighted by molar-refractivity contribution is -0.146. The number of ether oxygens (including phenoxy) is 1. The second-order valence-corrected chi connectivity index (χ2v) is 4.42. The van der Waals surface area contributed by atoms with Crippen LogP contribution in [0.25, 0.3) is 0 Å². The minimum atomic E-state index is -0.927. The van der Waals surface area contributed by atoms with E-state index in [0.717, 1.165) is 12.8 Å². The highest BCUT2D eigenvalue weighted by Gasteiger charge is 2.38. The molecule has 5 heteroatoms. The van der Waals surface area contributed by atoms with Crippen LogP contribution in [0.5, 0.6) is 5.75 Å². The number of carboxylic acids is 1. The van der Waals surface area contributed by atoms with Crippen LogP contribution >= 0.6 is 0 Å². The van der Waals surface area contributed by atoms with Gasteiger partial charge in [0.15, 0.2) is 6.10 Å². The molecule has 18 heavy (non-hydrogen) atoms. The van der Waals surface area contributed by atoms with Gasteiger partial charge in [-0.3, -0.25) is 4.79 Å². The van der Waals surface area contributed by atoms with Gasteiger partial charge >= 0.3 is 5.97 Å². The van der Waals surface area contributed by atoms with Gasteiger partial charge in [-0.05, 0) is 37.1 Å². The van der Waals surface area contributed by atoms with Crippen LogP contribution in [0.3, 0.4) is 0 Å². The van der Waals surface area contributed by atoms with Crippen molar-refractivity contribution < 1.29 is 19.4 Å². The molecule has 2 N–H and O–H groups in total. The molecule has 2 rings (SSSR count). The van der Waals surface area contributed by atoms with Crippen molar-refractivity contribution >= 4 is 17.6 Å². The van der Waals surface area contributed by atoms with Crippen LogP contribution in [0.4, 0.5) is 5.69 Å². The first kappa shape index (κ1) is 12.4. The summed E-state index contributed by atoms with van der Waals surface area (Å²) in [6.07, 6.45) is 1.04. The molecule has 96 valence electrons. The average Bonchev–Trinajstić information content (AvgIpc) is 3.10. The molecular weight excluding hydrogens is 234 g/mol. The molecule has 0 aromatic heterocycles. The Morgan fingerprint density at radius 2 is 1.94 bits per heavy atom. The third-order valence-electron chi connectivity index (χ3n) is 2.73. The predicted octanol–water partition coefficient (Wildman–Crippen LogP) is 1.89. The number of hydrogen-bond donors (Lipinski definition) is 2. The number of carbonyl (C=O) groups is 2. The number of carboxylic acid groups (broad SMARTS) is 1. The minimum absolute atomic E-state index is 0.123. The largest absolute Gasteiger partial charge is 0.478 e. The van der Waals surface area contributed by atoms with Gasteiger partial charge in [-0.25, -0.2) is 4.79 Å². The lowest BCUT2D eigenvalue weighted by Gasteiger charge is -2.14. The van der Waals surface area contributed by atoms with Crippen LogP contribution < -0.4 is 10.1 Å². The molecule has 1 aromatic rings. The molecule has 1 atom stereocenters. The monoisotopic (exact) mass is 249 g/mol. The molecule has 1 amide bonds. The Kier molecular flexibility index (Phi) is 3.50. The highest BCUT2D eigenvalue weighted by molar-refractivity contribution is 5.88. The first-order valence-corrected chi connectivity index (χ1v) is 5.83. The van der Waals surface area contributed by atoms with Gasteiger partial charge in [0.1, 0.15) is 5.75 Å². The van der Waals surface area contributed by atoms with E-state index in [2.05, 4.69) is 5.32 Å². The summed E-state index contributed by atoms with van der Waals surface area (Å²) >= 11 is 0. The van der Waals surface area contributed by atoms with Gasteiger partial charge in [0.2, 0.25) is 5.91 Å². The Hall–Kier alpha value is -2.04. The van der Waals surface area contributed by atoms with Gasteiger partial charge in [0.25, 0.3) is 0 Å². The number of carbonyl (C=O) groups excluding carboxylic acids is 1. The molecule has 0 spiro atoms. The number of amides is 1. The van der Waals surface area contributed by atoms with Crippen LogP contribution in [0.1, 0.15) is 19.8 Å². The summed E-state index contributed by atoms with van der Waals surface area (Å²) in [4.78, 5) is 21.9. The number of benzene rings is 1. The van der Waals surface area contributed by atoms with E-state index >= 15 is 0 Å². The summed E-state index contributed by atoms with van der Waals surface area (Å²) in [5, 5.41) is 11.7. The summed E-state index contributed by atoms with van der Waals surface area (Å²) in [5.41, 5.74) is 0.660. The van der Waals surface area contributed by atoms with Crippen LogP contribution in [-0.2, 0) is 9.59 Å². The van der Waals surface area contributed by atoms with Gasteiger partial charge in [-0.2, -0.15) is 0 Å². The smallest absolute Gasteiger partial charge is 0.345 e. The van der Waals surface area contributed by atoms with Crippen molar-refractivity contribution in [3.63, 3.8) is 0 Å². The van der Waals surface area contributed by atoms with E-state index in [4.69, 9.17) is 9.84 Å². The fourth-order valence-corrected chi connectivity index (χ4v) is 1.71. The van der Waals surface area contributed by atoms with Crippen molar-refractivity contribution in [1.82, 2.24) is 0 Å². The van der Waals surface area contributed by atoms with Crippen LogP contribution in [0.15, 0.2) is 24.3 Å². The number of anilines is 1. The van der Waals surface area contributed by atoms with Gasteiger partial charge in [-0.1, -0.05) is 0 Å². The van der Waals surface area contributed by atoms with Crippen molar-refractivity contribution in [3.8, 4) is 5.75 Å². The average molecular weight is 249 g/mol. The van der Waals surface area contributed by atoms with Crippen molar-refractivity contribution in [2.24, 2.45) is 5.92 Å². The van der Waals surface area contributed by atoms with Crippen LogP contribution in [-0.4, -0.2) is 23.1 Å². The number of nitrogens with one attached hydrogen (secondary N) is 1. The molecule has 0 aliphatic heterocycles. The van der Waals surface area contributed by atoms with Crippen molar-refractivity contribution in [2.45, 2.75) is 25.9 Å². The maximum Gasteiger partial charge on any atom is 0.345 e. The Morgan fingerprint density at radius 3 is 2.39 bits per heavy atom. The molecule has 5 nitrogen and oxygen atoms in total. The molecule has 0 heterocycles. The van der Waals surface area contributed by atoms with E-state index in [9.17, 15) is 9.59 Å². The third-order valence-corrected chi connectivity index (χ3v) is 2.73. The first-order chi connectivity index (χ1) is 8.56. The molecule has 1 aliphatic rings. The second kappa shape index (κ2) is 5.08. The summed E-state index contributed by atoms with van der Waals surface area (Å²) < 4.78 is 5.45. The molecule has 1 saturated carbocycles. The maximum atomic E-state index is 11.0. The SMILES string of the molecule is CC(=O)Nc1ccc(OC(C(=O)O)C2CC2)cc1. The van der Waals surface area contributed by atoms with Gasteiger partial charge < -0.3 is 15.2 Å². The second-order valence-electron chi connectivity index (χ2n) is 4.42. The van der Waals surface area contributed by atoms with Gasteiger partial charge in [-0.15, -0.1) is 0 Å². The molecule has 1 aliphatic carbocycles. The van der Waals surface area contributed by atoms with E-state index in [1.165, 1.54) is 6.92 Å². The molecule has 1 fully saturated rings. The Labute approximate surface area is 105 Å². The zero-order chi connectivity index (χ0) is 13.1. The fourth-order valence-electron chi connectivity index (χ4n) is 1.71. The quantitative estimate of drug-likeness (QED) is 0.835. The number of hydrogen-bond acceptors (Lipinski definition) is 3. The Morgan fingerprint density at radius 1 is 1.33 bits per heavy atom. The predicted molar refractivity (Wildman–Crippen MR) is 65.5 cm³/mol. The lowest BCUT2D eigenvalue weighted by Crippen LogP contribution is -2.29. The minimum Gasteiger partial charge on any atom is -0.478 e. The van der Waals surface area contributed by atoms with Crippen molar-refractivity contribution in [3.05, 3.63) is 24.3 Å². The van der Waals surface area contributed by atoms with Crippen molar-refractivity contribution in [2.75, 3.05) is 5.32 Å². The summed E-state index contributed by atoms with van der Waals surface area (Å²) in [7, 11) is 0. The standard InChI is InChI=1S/C13H15NO4/c1-8(15)14-10-4-6-11(7-5-10)18-12(13(16)17)9-2-3-9/h4-7,9,12H,2-3H2,1H3,(H,14,15)(H,16,17). The van der Waals surface area contributed by atoms with Crippen LogP contribution in [0.2, 0.25) is 0 Å². The zero-order valence-electron chi connectivity index (χ0n) is 10.1. The summed E-state index contributed by atoms with van der Waals surface area (Å²) in [6.45, 7) is 1.43. The Balaban J connectivity index is 2.00. The highest BCUT2D eigenvalue weighted by Crippen LogP contribution is 2.35. The summed E-state index contributed by atoms with van der Waals surface area (Å²) in [5.74, 6) is -0.450. The zero-order valence-corrected chi connectivity index (χ0v) is 10.1. The first-order valence-electron chi connectivity index (χ1n) is 5.83. The third kappa shape index (κ3) is 3.23. The molecule has 1 unspecified atom stereocenters. The van der Waals surface area contributed by atoms with Crippen LogP contribution in [0, 0.1) is 5.92 Å². The number of rotatable bonds is 5. The normalized spacial score (nSPS) is 15.8. The highest BCUT2D eigenvalue weighted by atomic mass is 16.5. The van der Waals surface area contributed by atoms with Crippen molar-refractivity contribution in [1.29, 1.82) is 0 Å². The fraction of sp³-hybridized carbons (Fsp3) is 0.385. The topological polar surface area (TPSA) is 75.6 Å². The van der Waals surface area contributed by atoms with E-state index in [1.54, 1.807) is 24.3 Å². The number of aliphatic carboxylic acids is 1.